The standard InChI is InChI=1S/C12H17N3O2/c1-4-9(13-5-2)11-14-15-12(17-11)10-8(3)6-7-16-10/h6-7,9,13H,4-5H2,1-3H3. The second kappa shape index (κ2) is 5.14. The number of furan rings is 1. The Hall–Kier alpha value is -1.62. The summed E-state index contributed by atoms with van der Waals surface area (Å²) < 4.78 is 11.0. The van der Waals surface area contributed by atoms with Gasteiger partial charge in [0.05, 0.1) is 12.3 Å². The molecule has 0 aliphatic heterocycles. The average molecular weight is 235 g/mol. The van der Waals surface area contributed by atoms with E-state index in [9.17, 15) is 0 Å². The second-order valence-electron chi connectivity index (χ2n) is 3.90. The van der Waals surface area contributed by atoms with Crippen LogP contribution < -0.4 is 5.32 Å². The van der Waals surface area contributed by atoms with E-state index in [1.54, 1.807) is 6.26 Å². The van der Waals surface area contributed by atoms with Gasteiger partial charge in [-0.15, -0.1) is 10.2 Å². The van der Waals surface area contributed by atoms with Gasteiger partial charge in [-0.1, -0.05) is 13.8 Å². The molecule has 0 amide bonds. The van der Waals surface area contributed by atoms with Crippen LogP contribution in [0.4, 0.5) is 0 Å². The van der Waals surface area contributed by atoms with E-state index in [0.29, 0.717) is 17.5 Å². The SMILES string of the molecule is CCNC(CC)c1nnc(-c2occc2C)o1. The maximum absolute atomic E-state index is 5.64. The summed E-state index contributed by atoms with van der Waals surface area (Å²) in [4.78, 5) is 0. The van der Waals surface area contributed by atoms with E-state index in [4.69, 9.17) is 8.83 Å². The first-order valence-electron chi connectivity index (χ1n) is 5.87. The van der Waals surface area contributed by atoms with Crippen molar-refractivity contribution in [3.8, 4) is 11.7 Å². The summed E-state index contributed by atoms with van der Waals surface area (Å²) in [5, 5.41) is 11.4. The summed E-state index contributed by atoms with van der Waals surface area (Å²) in [6.45, 7) is 6.95. The molecule has 2 heterocycles. The zero-order chi connectivity index (χ0) is 12.3. The fraction of sp³-hybridized carbons (Fsp3) is 0.500. The Kier molecular flexibility index (Phi) is 3.58. The van der Waals surface area contributed by atoms with Crippen LogP contribution in [0.1, 0.15) is 37.8 Å². The van der Waals surface area contributed by atoms with Gasteiger partial charge < -0.3 is 14.2 Å². The number of nitrogens with zero attached hydrogens (tertiary/aromatic N) is 2. The molecular formula is C12H17N3O2. The lowest BCUT2D eigenvalue weighted by Gasteiger charge is -2.09. The van der Waals surface area contributed by atoms with Crippen LogP contribution in [-0.4, -0.2) is 16.7 Å². The molecule has 5 heteroatoms. The van der Waals surface area contributed by atoms with Crippen molar-refractivity contribution in [2.75, 3.05) is 6.54 Å². The highest BCUT2D eigenvalue weighted by Gasteiger charge is 2.18. The van der Waals surface area contributed by atoms with E-state index in [1.807, 2.05) is 13.0 Å². The molecular weight excluding hydrogens is 218 g/mol. The summed E-state index contributed by atoms with van der Waals surface area (Å²) in [6, 6.07) is 1.98. The molecule has 92 valence electrons. The van der Waals surface area contributed by atoms with Crippen molar-refractivity contribution in [3.05, 3.63) is 23.8 Å². The molecule has 0 aliphatic carbocycles. The summed E-state index contributed by atoms with van der Waals surface area (Å²) in [5.74, 6) is 1.70. The number of hydrogen-bond donors (Lipinski definition) is 1. The number of rotatable bonds is 5. The summed E-state index contributed by atoms with van der Waals surface area (Å²) in [7, 11) is 0. The normalized spacial score (nSPS) is 12.9. The predicted octanol–water partition coefficient (Wildman–Crippen LogP) is 2.70. The van der Waals surface area contributed by atoms with Crippen molar-refractivity contribution in [1.29, 1.82) is 0 Å². The van der Waals surface area contributed by atoms with E-state index in [2.05, 4.69) is 29.4 Å². The van der Waals surface area contributed by atoms with Gasteiger partial charge in [0.1, 0.15) is 0 Å². The smallest absolute Gasteiger partial charge is 0.283 e. The van der Waals surface area contributed by atoms with Crippen LogP contribution in [0.5, 0.6) is 0 Å². The molecule has 2 aromatic heterocycles. The Labute approximate surface area is 100 Å². The molecule has 2 rings (SSSR count). The molecule has 0 saturated heterocycles. The van der Waals surface area contributed by atoms with Gasteiger partial charge in [0.15, 0.2) is 5.76 Å². The van der Waals surface area contributed by atoms with Crippen molar-refractivity contribution in [2.24, 2.45) is 0 Å². The van der Waals surface area contributed by atoms with Crippen LogP contribution in [0.3, 0.4) is 0 Å². The lowest BCUT2D eigenvalue weighted by molar-refractivity contribution is 0.396. The van der Waals surface area contributed by atoms with E-state index >= 15 is 0 Å². The largest absolute Gasteiger partial charge is 0.459 e. The molecule has 0 radical (unpaired) electrons. The fourth-order valence-electron chi connectivity index (χ4n) is 1.71. The van der Waals surface area contributed by atoms with Gasteiger partial charge in [-0.3, -0.25) is 0 Å². The molecule has 0 spiro atoms. The van der Waals surface area contributed by atoms with Gasteiger partial charge in [0.2, 0.25) is 5.89 Å². The molecule has 5 nitrogen and oxygen atoms in total. The van der Waals surface area contributed by atoms with Gasteiger partial charge >= 0.3 is 0 Å². The minimum Gasteiger partial charge on any atom is -0.459 e. The van der Waals surface area contributed by atoms with Gasteiger partial charge in [0, 0.05) is 5.56 Å². The lowest BCUT2D eigenvalue weighted by atomic mass is 10.2. The highest BCUT2D eigenvalue weighted by molar-refractivity contribution is 5.49. The molecule has 17 heavy (non-hydrogen) atoms. The van der Waals surface area contributed by atoms with Crippen LogP contribution >= 0.6 is 0 Å². The van der Waals surface area contributed by atoms with Gasteiger partial charge in [0.25, 0.3) is 5.89 Å². The number of aromatic nitrogens is 2. The molecule has 0 fully saturated rings. The third-order valence-electron chi connectivity index (χ3n) is 2.65. The highest BCUT2D eigenvalue weighted by atomic mass is 16.4. The molecule has 1 atom stereocenters. The summed E-state index contributed by atoms with van der Waals surface area (Å²) in [5.41, 5.74) is 0.997. The van der Waals surface area contributed by atoms with Crippen molar-refractivity contribution in [1.82, 2.24) is 15.5 Å². The Morgan fingerprint density at radius 3 is 2.76 bits per heavy atom. The van der Waals surface area contributed by atoms with Gasteiger partial charge in [-0.05, 0) is 26.0 Å². The van der Waals surface area contributed by atoms with Crippen molar-refractivity contribution in [3.63, 3.8) is 0 Å². The topological polar surface area (TPSA) is 64.1 Å². The first-order chi connectivity index (χ1) is 8.26. The molecule has 0 aromatic carbocycles. The summed E-state index contributed by atoms with van der Waals surface area (Å²) >= 11 is 0. The van der Waals surface area contributed by atoms with E-state index in [0.717, 1.165) is 18.5 Å². The van der Waals surface area contributed by atoms with Gasteiger partial charge in [-0.2, -0.15) is 0 Å². The maximum atomic E-state index is 5.64. The molecule has 0 saturated carbocycles. The number of nitrogens with one attached hydrogen (secondary N) is 1. The van der Waals surface area contributed by atoms with Crippen LogP contribution in [0.25, 0.3) is 11.7 Å². The first kappa shape index (κ1) is 11.9. The second-order valence-corrected chi connectivity index (χ2v) is 3.90. The zero-order valence-corrected chi connectivity index (χ0v) is 10.4. The summed E-state index contributed by atoms with van der Waals surface area (Å²) in [6.07, 6.45) is 2.53. The predicted molar refractivity (Wildman–Crippen MR) is 63.4 cm³/mol. The molecule has 2 aromatic rings. The highest BCUT2D eigenvalue weighted by Crippen LogP contribution is 2.25. The van der Waals surface area contributed by atoms with E-state index < -0.39 is 0 Å². The molecule has 1 N–H and O–H groups in total. The Bertz CT molecular complexity index is 476. The third-order valence-corrected chi connectivity index (χ3v) is 2.65. The quantitative estimate of drug-likeness (QED) is 0.863. The first-order valence-corrected chi connectivity index (χ1v) is 5.87. The van der Waals surface area contributed by atoms with Crippen molar-refractivity contribution >= 4 is 0 Å². The maximum Gasteiger partial charge on any atom is 0.283 e. The van der Waals surface area contributed by atoms with E-state index in [1.165, 1.54) is 0 Å². The Balaban J connectivity index is 2.24. The third kappa shape index (κ3) is 2.39. The van der Waals surface area contributed by atoms with Crippen LogP contribution in [0.15, 0.2) is 21.2 Å². The minimum absolute atomic E-state index is 0.108. The average Bonchev–Trinajstić information content (AvgIpc) is 2.94. The molecule has 1 unspecified atom stereocenters. The van der Waals surface area contributed by atoms with Crippen molar-refractivity contribution in [2.45, 2.75) is 33.2 Å². The van der Waals surface area contributed by atoms with E-state index in [-0.39, 0.29) is 6.04 Å². The number of hydrogen-bond acceptors (Lipinski definition) is 5. The van der Waals surface area contributed by atoms with Crippen LogP contribution in [0.2, 0.25) is 0 Å². The fourth-order valence-corrected chi connectivity index (χ4v) is 1.71. The number of aryl methyl sites for hydroxylation is 1. The van der Waals surface area contributed by atoms with Crippen LogP contribution in [-0.2, 0) is 0 Å². The zero-order valence-electron chi connectivity index (χ0n) is 10.4. The minimum atomic E-state index is 0.108. The van der Waals surface area contributed by atoms with Crippen molar-refractivity contribution < 1.29 is 8.83 Å². The Morgan fingerprint density at radius 2 is 2.18 bits per heavy atom. The molecule has 0 bridgehead atoms. The van der Waals surface area contributed by atoms with Crippen LogP contribution in [0, 0.1) is 6.92 Å². The Morgan fingerprint density at radius 1 is 1.35 bits per heavy atom. The molecule has 0 aliphatic rings. The van der Waals surface area contributed by atoms with Gasteiger partial charge in [-0.25, -0.2) is 0 Å². The lowest BCUT2D eigenvalue weighted by Crippen LogP contribution is -2.20. The monoisotopic (exact) mass is 235 g/mol.